The minimum Gasteiger partial charge on any atom is -0.375 e. The molecule has 0 aliphatic carbocycles. The fourth-order valence-electron chi connectivity index (χ4n) is 2.28. The second kappa shape index (κ2) is 9.45. The van der Waals surface area contributed by atoms with Gasteiger partial charge in [0.2, 0.25) is 0 Å². The Bertz CT molecular complexity index is 609. The molecule has 130 valence electrons. The van der Waals surface area contributed by atoms with Crippen molar-refractivity contribution in [2.45, 2.75) is 25.9 Å². The Morgan fingerprint density at radius 1 is 1.12 bits per heavy atom. The van der Waals surface area contributed by atoms with Crippen molar-refractivity contribution in [3.05, 3.63) is 58.3 Å². The number of nitrogens with zero attached hydrogens (tertiary/aromatic N) is 1. The van der Waals surface area contributed by atoms with Crippen LogP contribution in [0.1, 0.15) is 24.3 Å². The summed E-state index contributed by atoms with van der Waals surface area (Å²) in [4.78, 5) is 5.64. The lowest BCUT2D eigenvalue weighted by atomic mass is 9.91. The quantitative estimate of drug-likeness (QED) is 0.438. The van der Waals surface area contributed by atoms with Crippen molar-refractivity contribution < 1.29 is 4.74 Å². The number of benzene rings is 1. The molecule has 0 amide bonds. The number of hydrogen-bond donors (Lipinski definition) is 2. The summed E-state index contributed by atoms with van der Waals surface area (Å²) in [5.41, 5.74) is 1.27. The highest BCUT2D eigenvalue weighted by Crippen LogP contribution is 2.26. The predicted octanol–water partition coefficient (Wildman–Crippen LogP) is 3.41. The Labute approximate surface area is 149 Å². The highest BCUT2D eigenvalue weighted by Gasteiger charge is 2.21. The van der Waals surface area contributed by atoms with Gasteiger partial charge >= 0.3 is 0 Å². The molecule has 0 atom stereocenters. The molecule has 0 aliphatic heterocycles. The van der Waals surface area contributed by atoms with Gasteiger partial charge in [0.25, 0.3) is 0 Å². The molecule has 0 saturated heterocycles. The van der Waals surface area contributed by atoms with E-state index in [0.29, 0.717) is 13.2 Å². The zero-order chi connectivity index (χ0) is 17.3. The van der Waals surface area contributed by atoms with E-state index in [0.717, 1.165) is 19.0 Å². The molecule has 1 aromatic carbocycles. The molecule has 0 radical (unpaired) electrons. The van der Waals surface area contributed by atoms with E-state index in [2.05, 4.69) is 59.1 Å². The summed E-state index contributed by atoms with van der Waals surface area (Å²) in [7, 11) is 1.79. The Morgan fingerprint density at radius 2 is 1.92 bits per heavy atom. The topological polar surface area (TPSA) is 45.7 Å². The van der Waals surface area contributed by atoms with Gasteiger partial charge in [0, 0.05) is 30.4 Å². The molecule has 0 aliphatic rings. The SMILES string of the molecule is CN=C(NCCOCc1ccccc1)NCC(C)(C)c1cccs1. The highest BCUT2D eigenvalue weighted by molar-refractivity contribution is 7.10. The van der Waals surface area contributed by atoms with Crippen LogP contribution in [0.3, 0.4) is 0 Å². The van der Waals surface area contributed by atoms with E-state index in [1.54, 1.807) is 18.4 Å². The fourth-order valence-corrected chi connectivity index (χ4v) is 3.13. The van der Waals surface area contributed by atoms with Crippen LogP contribution in [0.5, 0.6) is 0 Å². The molecule has 1 aromatic heterocycles. The Hall–Kier alpha value is -1.85. The minimum absolute atomic E-state index is 0.0790. The van der Waals surface area contributed by atoms with Gasteiger partial charge in [-0.15, -0.1) is 11.3 Å². The van der Waals surface area contributed by atoms with Crippen LogP contribution in [0, 0.1) is 0 Å². The van der Waals surface area contributed by atoms with Crippen LogP contribution >= 0.6 is 11.3 Å². The number of hydrogen-bond acceptors (Lipinski definition) is 3. The number of ether oxygens (including phenoxy) is 1. The Morgan fingerprint density at radius 3 is 2.58 bits per heavy atom. The van der Waals surface area contributed by atoms with Crippen LogP contribution in [0.15, 0.2) is 52.8 Å². The van der Waals surface area contributed by atoms with Gasteiger partial charge in [-0.05, 0) is 17.0 Å². The molecule has 2 N–H and O–H groups in total. The van der Waals surface area contributed by atoms with Crippen molar-refractivity contribution >= 4 is 17.3 Å². The monoisotopic (exact) mass is 345 g/mol. The average molecular weight is 346 g/mol. The number of guanidine groups is 1. The normalized spacial score (nSPS) is 12.2. The van der Waals surface area contributed by atoms with Gasteiger partial charge in [0.05, 0.1) is 13.2 Å². The lowest BCUT2D eigenvalue weighted by Gasteiger charge is -2.25. The number of rotatable bonds is 8. The van der Waals surface area contributed by atoms with Gasteiger partial charge < -0.3 is 15.4 Å². The first kappa shape index (κ1) is 18.5. The van der Waals surface area contributed by atoms with Crippen molar-refractivity contribution in [3.8, 4) is 0 Å². The minimum atomic E-state index is 0.0790. The van der Waals surface area contributed by atoms with Crippen molar-refractivity contribution in [1.29, 1.82) is 0 Å². The average Bonchev–Trinajstić information content (AvgIpc) is 3.14. The molecular weight excluding hydrogens is 318 g/mol. The molecule has 2 aromatic rings. The smallest absolute Gasteiger partial charge is 0.191 e. The number of aliphatic imine (C=N–C) groups is 1. The first-order valence-corrected chi connectivity index (χ1v) is 9.10. The molecule has 0 fully saturated rings. The maximum Gasteiger partial charge on any atom is 0.191 e. The molecule has 1 heterocycles. The summed E-state index contributed by atoms with van der Waals surface area (Å²) in [6.07, 6.45) is 0. The third-order valence-corrected chi connectivity index (χ3v) is 5.00. The summed E-state index contributed by atoms with van der Waals surface area (Å²) in [6.45, 7) is 7.32. The lowest BCUT2D eigenvalue weighted by Crippen LogP contribution is -2.44. The standard InChI is InChI=1S/C19H27N3OS/c1-19(2,17-10-7-13-24-17)15-22-18(20-3)21-11-12-23-14-16-8-5-4-6-9-16/h4-10,13H,11-12,14-15H2,1-3H3,(H2,20,21,22). The van der Waals surface area contributed by atoms with Crippen molar-refractivity contribution in [2.24, 2.45) is 4.99 Å². The van der Waals surface area contributed by atoms with E-state index in [-0.39, 0.29) is 5.41 Å². The van der Waals surface area contributed by atoms with E-state index >= 15 is 0 Å². The molecular formula is C19H27N3OS. The molecule has 0 spiro atoms. The van der Waals surface area contributed by atoms with Gasteiger partial charge in [-0.2, -0.15) is 0 Å². The summed E-state index contributed by atoms with van der Waals surface area (Å²) in [5.74, 6) is 0.808. The van der Waals surface area contributed by atoms with Crippen LogP contribution in [-0.2, 0) is 16.8 Å². The molecule has 0 bridgehead atoms. The predicted molar refractivity (Wildman–Crippen MR) is 103 cm³/mol. The second-order valence-electron chi connectivity index (χ2n) is 6.25. The molecule has 2 rings (SSSR count). The largest absolute Gasteiger partial charge is 0.375 e. The van der Waals surface area contributed by atoms with Gasteiger partial charge in [-0.3, -0.25) is 4.99 Å². The first-order chi connectivity index (χ1) is 11.6. The van der Waals surface area contributed by atoms with E-state index in [4.69, 9.17) is 4.74 Å². The van der Waals surface area contributed by atoms with Crippen LogP contribution in [-0.4, -0.2) is 32.7 Å². The second-order valence-corrected chi connectivity index (χ2v) is 7.20. The summed E-state index contributed by atoms with van der Waals surface area (Å²) < 4.78 is 5.68. The summed E-state index contributed by atoms with van der Waals surface area (Å²) in [5, 5.41) is 8.81. The molecule has 4 nitrogen and oxygen atoms in total. The Balaban J connectivity index is 1.65. The molecule has 5 heteroatoms. The van der Waals surface area contributed by atoms with Gasteiger partial charge in [0.15, 0.2) is 5.96 Å². The van der Waals surface area contributed by atoms with E-state index in [1.165, 1.54) is 10.4 Å². The third-order valence-electron chi connectivity index (χ3n) is 3.76. The van der Waals surface area contributed by atoms with Gasteiger partial charge in [-0.1, -0.05) is 50.2 Å². The lowest BCUT2D eigenvalue weighted by molar-refractivity contribution is 0.125. The van der Waals surface area contributed by atoms with Crippen molar-refractivity contribution in [3.63, 3.8) is 0 Å². The molecule has 24 heavy (non-hydrogen) atoms. The zero-order valence-corrected chi connectivity index (χ0v) is 15.5. The first-order valence-electron chi connectivity index (χ1n) is 8.22. The highest BCUT2D eigenvalue weighted by atomic mass is 32.1. The van der Waals surface area contributed by atoms with Crippen LogP contribution in [0.4, 0.5) is 0 Å². The van der Waals surface area contributed by atoms with E-state index in [1.807, 2.05) is 18.2 Å². The fraction of sp³-hybridized carbons (Fsp3) is 0.421. The van der Waals surface area contributed by atoms with Gasteiger partial charge in [0.1, 0.15) is 0 Å². The summed E-state index contributed by atoms with van der Waals surface area (Å²) in [6, 6.07) is 14.5. The van der Waals surface area contributed by atoms with E-state index in [9.17, 15) is 0 Å². The molecule has 0 saturated carbocycles. The van der Waals surface area contributed by atoms with Gasteiger partial charge in [-0.25, -0.2) is 0 Å². The van der Waals surface area contributed by atoms with Crippen molar-refractivity contribution in [1.82, 2.24) is 10.6 Å². The maximum atomic E-state index is 5.68. The van der Waals surface area contributed by atoms with E-state index < -0.39 is 0 Å². The number of thiophene rings is 1. The van der Waals surface area contributed by atoms with Crippen molar-refractivity contribution in [2.75, 3.05) is 26.7 Å². The number of nitrogens with one attached hydrogen (secondary N) is 2. The maximum absolute atomic E-state index is 5.68. The van der Waals surface area contributed by atoms with Crippen LogP contribution in [0.25, 0.3) is 0 Å². The van der Waals surface area contributed by atoms with Crippen LogP contribution in [0.2, 0.25) is 0 Å². The molecule has 0 unspecified atom stereocenters. The summed E-state index contributed by atoms with van der Waals surface area (Å²) >= 11 is 1.79. The third kappa shape index (κ3) is 5.98. The Kier molecular flexibility index (Phi) is 7.28. The van der Waals surface area contributed by atoms with Crippen LogP contribution < -0.4 is 10.6 Å². The zero-order valence-electron chi connectivity index (χ0n) is 14.7.